The Labute approximate surface area is 289 Å². The van der Waals surface area contributed by atoms with Crippen LogP contribution in [0.25, 0.3) is 0 Å². The van der Waals surface area contributed by atoms with Gasteiger partial charge in [-0.1, -0.05) is 6.92 Å². The van der Waals surface area contributed by atoms with Crippen LogP contribution >= 0.6 is 0 Å². The lowest BCUT2D eigenvalue weighted by molar-refractivity contribution is 0.148. The Bertz CT molecular complexity index is 711. The first-order valence-electron chi connectivity index (χ1n) is 19.4. The number of likely N-dealkylation sites (tertiary alicyclic amines) is 2. The van der Waals surface area contributed by atoms with Crippen molar-refractivity contribution in [2.45, 2.75) is 131 Å². The fourth-order valence-electron chi connectivity index (χ4n) is 5.35. The van der Waals surface area contributed by atoms with Crippen molar-refractivity contribution in [1.82, 2.24) is 39.2 Å². The molecule has 0 spiro atoms. The largest absolute Gasteiger partial charge is 0.303 e. The van der Waals surface area contributed by atoms with Gasteiger partial charge in [0.25, 0.3) is 0 Å². The minimum Gasteiger partial charge on any atom is -0.303 e. The Balaban J connectivity index is 0.000000308. The van der Waals surface area contributed by atoms with Crippen molar-refractivity contribution in [2.75, 3.05) is 120 Å². The van der Waals surface area contributed by atoms with Gasteiger partial charge in [-0.3, -0.25) is 9.80 Å². The molecule has 0 aromatic carbocycles. The van der Waals surface area contributed by atoms with Gasteiger partial charge in [0.1, 0.15) is 0 Å². The van der Waals surface area contributed by atoms with Gasteiger partial charge in [0.2, 0.25) is 0 Å². The summed E-state index contributed by atoms with van der Waals surface area (Å²) in [6.07, 6.45) is 7.03. The molecule has 0 aromatic heterocycles. The van der Waals surface area contributed by atoms with Crippen LogP contribution in [-0.2, 0) is 0 Å². The lowest BCUT2D eigenvalue weighted by Gasteiger charge is -2.33. The van der Waals surface area contributed by atoms with Crippen LogP contribution in [0, 0.1) is 0 Å². The molecule has 0 N–H and O–H groups in total. The van der Waals surface area contributed by atoms with Gasteiger partial charge in [-0.05, 0) is 149 Å². The van der Waals surface area contributed by atoms with Crippen LogP contribution < -0.4 is 0 Å². The Morgan fingerprint density at radius 2 is 0.978 bits per heavy atom. The first-order chi connectivity index (χ1) is 21.7. The molecule has 1 atom stereocenters. The molecule has 0 radical (unpaired) electrons. The molecule has 8 heteroatoms. The van der Waals surface area contributed by atoms with Crippen LogP contribution in [0.15, 0.2) is 0 Å². The van der Waals surface area contributed by atoms with Gasteiger partial charge >= 0.3 is 0 Å². The van der Waals surface area contributed by atoms with Crippen LogP contribution in [0.5, 0.6) is 0 Å². The van der Waals surface area contributed by atoms with Crippen molar-refractivity contribution in [2.24, 2.45) is 0 Å². The van der Waals surface area contributed by atoms with E-state index in [9.17, 15) is 0 Å². The molecule has 1 saturated carbocycles. The quantitative estimate of drug-likeness (QED) is 0.205. The summed E-state index contributed by atoms with van der Waals surface area (Å²) in [7, 11) is 11.1. The molecule has 4 rings (SSSR count). The zero-order valence-corrected chi connectivity index (χ0v) is 33.8. The molecule has 1 aliphatic carbocycles. The predicted molar refractivity (Wildman–Crippen MR) is 204 cm³/mol. The number of nitrogens with zero attached hydrogens (tertiary/aromatic N) is 8. The van der Waals surface area contributed by atoms with Crippen LogP contribution in [-0.4, -0.2) is 196 Å². The summed E-state index contributed by atoms with van der Waals surface area (Å²) in [5.41, 5.74) is 0. The molecule has 3 aliphatic heterocycles. The second-order valence-electron chi connectivity index (χ2n) is 15.9. The molecule has 1 unspecified atom stereocenters. The van der Waals surface area contributed by atoms with Gasteiger partial charge in [-0.2, -0.15) is 0 Å². The average Bonchev–Trinajstić information content (AvgIpc) is 3.92. The highest BCUT2D eigenvalue weighted by molar-refractivity contribution is 4.83. The van der Waals surface area contributed by atoms with E-state index < -0.39 is 0 Å². The summed E-state index contributed by atoms with van der Waals surface area (Å²) in [5.74, 6) is 0. The van der Waals surface area contributed by atoms with E-state index in [0.29, 0.717) is 24.2 Å². The summed E-state index contributed by atoms with van der Waals surface area (Å²) >= 11 is 0. The molecular weight excluding hydrogens is 568 g/mol. The van der Waals surface area contributed by atoms with E-state index in [1.54, 1.807) is 0 Å². The third-order valence-electron chi connectivity index (χ3n) is 10.9. The van der Waals surface area contributed by atoms with Crippen molar-refractivity contribution >= 4 is 0 Å². The highest BCUT2D eigenvalue weighted by atomic mass is 15.3. The van der Waals surface area contributed by atoms with Crippen LogP contribution in [0.4, 0.5) is 0 Å². The lowest BCUT2D eigenvalue weighted by Crippen LogP contribution is -2.43. The Morgan fingerprint density at radius 1 is 0.522 bits per heavy atom. The fraction of sp³-hybridized carbons (Fsp3) is 1.00. The second-order valence-corrected chi connectivity index (χ2v) is 15.9. The van der Waals surface area contributed by atoms with Crippen molar-refractivity contribution < 1.29 is 0 Å². The topological polar surface area (TPSA) is 25.7 Å². The van der Waals surface area contributed by atoms with Crippen molar-refractivity contribution in [3.05, 3.63) is 0 Å². The molecule has 0 bridgehead atoms. The van der Waals surface area contributed by atoms with Gasteiger partial charge in [-0.25, -0.2) is 0 Å². The van der Waals surface area contributed by atoms with Gasteiger partial charge in [0, 0.05) is 95.2 Å². The standard InChI is InChI=1S/C11H24N2.C10H22N2.C9H20N2.C8H18N2/c1-5-13-8-6-7-11(13)9-12(4)10(2)3;1-9(2)11(3)7-8-12(4)10-5-6-10;1-9(2)10(3)7-8-11-5-4-6-11;1-8(2)9(3)4-5-10-6-7-10/h10-11H,5-9H2,1-4H3;9-10H,5-8H2,1-4H3;9H,4-8H2,1-3H3;8H,4-7H2,1-3H3. The predicted octanol–water partition coefficient (Wildman–Crippen LogP) is 4.91. The molecule has 0 aromatic rings. The summed E-state index contributed by atoms with van der Waals surface area (Å²) in [6, 6.07) is 4.47. The fourth-order valence-corrected chi connectivity index (χ4v) is 5.35. The SMILES string of the molecule is CC(C)N(C)CCN(C)C1CC1.CC(C)N(C)CCN1CC1.CC(C)N(C)CCN1CCC1.CCN1CCCC1CN(C)C(C)C. The Morgan fingerprint density at radius 3 is 1.35 bits per heavy atom. The van der Waals surface area contributed by atoms with Crippen molar-refractivity contribution in [1.29, 1.82) is 0 Å². The number of likely N-dealkylation sites (N-methyl/N-ethyl adjacent to an activating group) is 6. The minimum absolute atomic E-state index is 0.678. The first-order valence-corrected chi connectivity index (χ1v) is 19.4. The summed E-state index contributed by atoms with van der Waals surface area (Å²) in [6.45, 7) is 36.7. The molecule has 4 aliphatic rings. The molecular formula is C38H84N8. The van der Waals surface area contributed by atoms with Gasteiger partial charge < -0.3 is 29.4 Å². The minimum atomic E-state index is 0.678. The van der Waals surface area contributed by atoms with Gasteiger partial charge in [0.05, 0.1) is 0 Å². The third kappa shape index (κ3) is 20.3. The molecule has 3 saturated heterocycles. The summed E-state index contributed by atoms with van der Waals surface area (Å²) < 4.78 is 0. The first kappa shape index (κ1) is 43.7. The number of rotatable bonds is 17. The molecule has 8 nitrogen and oxygen atoms in total. The number of hydrogen-bond donors (Lipinski definition) is 0. The second kappa shape index (κ2) is 23.9. The van der Waals surface area contributed by atoms with E-state index in [1.807, 2.05) is 0 Å². The van der Waals surface area contributed by atoms with Crippen LogP contribution in [0.1, 0.15) is 94.4 Å². The Hall–Kier alpha value is -0.320. The summed E-state index contributed by atoms with van der Waals surface area (Å²) in [5, 5.41) is 0. The van der Waals surface area contributed by atoms with E-state index >= 15 is 0 Å². The molecule has 0 amide bonds. The van der Waals surface area contributed by atoms with Crippen molar-refractivity contribution in [3.8, 4) is 0 Å². The number of hydrogen-bond acceptors (Lipinski definition) is 8. The molecule has 46 heavy (non-hydrogen) atoms. The summed E-state index contributed by atoms with van der Waals surface area (Å²) in [4.78, 5) is 19.7. The maximum atomic E-state index is 2.61. The normalized spacial score (nSPS) is 20.5. The van der Waals surface area contributed by atoms with E-state index in [-0.39, 0.29) is 0 Å². The lowest BCUT2D eigenvalue weighted by atomic mass is 10.2. The van der Waals surface area contributed by atoms with E-state index in [4.69, 9.17) is 0 Å². The van der Waals surface area contributed by atoms with Crippen LogP contribution in [0.2, 0.25) is 0 Å². The zero-order valence-electron chi connectivity index (χ0n) is 33.8. The highest BCUT2D eigenvalue weighted by Crippen LogP contribution is 2.24. The third-order valence-corrected chi connectivity index (χ3v) is 10.9. The van der Waals surface area contributed by atoms with Crippen LogP contribution in [0.3, 0.4) is 0 Å². The van der Waals surface area contributed by atoms with Crippen molar-refractivity contribution in [3.63, 3.8) is 0 Å². The maximum Gasteiger partial charge on any atom is 0.0223 e. The molecule has 276 valence electrons. The molecule has 4 fully saturated rings. The van der Waals surface area contributed by atoms with Gasteiger partial charge in [0.15, 0.2) is 0 Å². The van der Waals surface area contributed by atoms with Gasteiger partial charge in [-0.15, -0.1) is 0 Å². The van der Waals surface area contributed by atoms with E-state index in [2.05, 4.69) is 137 Å². The molecule has 3 heterocycles. The smallest absolute Gasteiger partial charge is 0.0223 e. The van der Waals surface area contributed by atoms with E-state index in [1.165, 1.54) is 117 Å². The van der Waals surface area contributed by atoms with E-state index in [0.717, 1.165) is 12.1 Å². The monoisotopic (exact) mass is 653 g/mol. The Kier molecular flexibility index (Phi) is 22.7. The maximum absolute atomic E-state index is 2.61. The highest BCUT2D eigenvalue weighted by Gasteiger charge is 2.26. The zero-order chi connectivity index (χ0) is 34.8. The average molecular weight is 653 g/mol.